The van der Waals surface area contributed by atoms with E-state index < -0.39 is 10.0 Å². The summed E-state index contributed by atoms with van der Waals surface area (Å²) in [6.07, 6.45) is 0.267. The summed E-state index contributed by atoms with van der Waals surface area (Å²) in [5, 5.41) is 2.70. The van der Waals surface area contributed by atoms with Gasteiger partial charge in [-0.15, -0.1) is 0 Å². The van der Waals surface area contributed by atoms with Crippen molar-refractivity contribution in [3.05, 3.63) is 52.5 Å². The first-order valence-electron chi connectivity index (χ1n) is 6.15. The molecule has 0 bridgehead atoms. The molecular weight excluding hydrogens is 356 g/mol. The maximum absolute atomic E-state index is 12.3. The molecule has 1 aliphatic rings. The highest BCUT2D eigenvalue weighted by Crippen LogP contribution is 2.27. The monoisotopic (exact) mass is 366 g/mol. The zero-order chi connectivity index (χ0) is 15.0. The maximum atomic E-state index is 12.3. The zero-order valence-corrected chi connectivity index (χ0v) is 13.2. The molecule has 2 N–H and O–H groups in total. The third-order valence-corrected chi connectivity index (χ3v) is 5.03. The number of hydrogen-bond acceptors (Lipinski definition) is 3. The predicted octanol–water partition coefficient (Wildman–Crippen LogP) is 2.74. The summed E-state index contributed by atoms with van der Waals surface area (Å²) < 4.78 is 27.9. The lowest BCUT2D eigenvalue weighted by atomic mass is 10.1. The highest BCUT2D eigenvalue weighted by atomic mass is 79.9. The van der Waals surface area contributed by atoms with Gasteiger partial charge in [0, 0.05) is 15.8 Å². The minimum absolute atomic E-state index is 0.0853. The standard InChI is InChI=1S/C14H11BrN2O3S/c15-10-1-4-12(5-2-10)21(19,20)17-11-3-6-13-9(7-11)8-14(18)16-13/h1-7,17H,8H2,(H,16,18). The predicted molar refractivity (Wildman–Crippen MR) is 83.7 cm³/mol. The van der Waals surface area contributed by atoms with Crippen LogP contribution in [0, 0.1) is 0 Å². The molecule has 7 heteroatoms. The normalized spacial score (nSPS) is 13.7. The van der Waals surface area contributed by atoms with Crippen LogP contribution in [0.5, 0.6) is 0 Å². The summed E-state index contributed by atoms with van der Waals surface area (Å²) in [6, 6.07) is 11.4. The Kier molecular flexibility index (Phi) is 3.46. The fourth-order valence-electron chi connectivity index (χ4n) is 2.12. The van der Waals surface area contributed by atoms with Crippen LogP contribution in [-0.2, 0) is 21.2 Å². The van der Waals surface area contributed by atoms with Gasteiger partial charge in [-0.3, -0.25) is 9.52 Å². The van der Waals surface area contributed by atoms with Crippen LogP contribution < -0.4 is 10.0 Å². The van der Waals surface area contributed by atoms with Gasteiger partial charge in [-0.25, -0.2) is 8.42 Å². The van der Waals surface area contributed by atoms with E-state index in [-0.39, 0.29) is 17.2 Å². The second-order valence-corrected chi connectivity index (χ2v) is 7.25. The van der Waals surface area contributed by atoms with Crippen molar-refractivity contribution in [1.82, 2.24) is 0 Å². The van der Waals surface area contributed by atoms with Gasteiger partial charge in [0.15, 0.2) is 0 Å². The fraction of sp³-hybridized carbons (Fsp3) is 0.0714. The second-order valence-electron chi connectivity index (χ2n) is 4.66. The second kappa shape index (κ2) is 5.16. The van der Waals surface area contributed by atoms with Crippen LogP contribution in [0.1, 0.15) is 5.56 Å². The van der Waals surface area contributed by atoms with E-state index in [2.05, 4.69) is 26.0 Å². The molecule has 108 valence electrons. The number of benzene rings is 2. The highest BCUT2D eigenvalue weighted by Gasteiger charge is 2.19. The highest BCUT2D eigenvalue weighted by molar-refractivity contribution is 9.10. The number of fused-ring (bicyclic) bond motifs is 1. The van der Waals surface area contributed by atoms with Gasteiger partial charge in [-0.2, -0.15) is 0 Å². The first kappa shape index (κ1) is 14.1. The van der Waals surface area contributed by atoms with Crippen molar-refractivity contribution in [2.45, 2.75) is 11.3 Å². The number of anilines is 2. The van der Waals surface area contributed by atoms with Crippen LogP contribution in [0.2, 0.25) is 0 Å². The van der Waals surface area contributed by atoms with Crippen molar-refractivity contribution < 1.29 is 13.2 Å². The molecule has 2 aromatic carbocycles. The van der Waals surface area contributed by atoms with Gasteiger partial charge >= 0.3 is 0 Å². The van der Waals surface area contributed by atoms with Gasteiger partial charge < -0.3 is 5.32 Å². The number of rotatable bonds is 3. The molecule has 1 aliphatic heterocycles. The average Bonchev–Trinajstić information content (AvgIpc) is 2.78. The van der Waals surface area contributed by atoms with E-state index in [0.29, 0.717) is 5.69 Å². The summed E-state index contributed by atoms with van der Waals surface area (Å²) in [6.45, 7) is 0. The minimum Gasteiger partial charge on any atom is -0.326 e. The van der Waals surface area contributed by atoms with Crippen molar-refractivity contribution in [3.63, 3.8) is 0 Å². The van der Waals surface area contributed by atoms with E-state index in [1.165, 1.54) is 12.1 Å². The Morgan fingerprint density at radius 3 is 2.52 bits per heavy atom. The Labute approximate surface area is 130 Å². The number of sulfonamides is 1. The Morgan fingerprint density at radius 2 is 1.81 bits per heavy atom. The zero-order valence-electron chi connectivity index (χ0n) is 10.8. The van der Waals surface area contributed by atoms with Gasteiger partial charge in [-0.1, -0.05) is 15.9 Å². The number of carbonyl (C=O) groups is 1. The number of hydrogen-bond donors (Lipinski definition) is 2. The molecule has 0 radical (unpaired) electrons. The fourth-order valence-corrected chi connectivity index (χ4v) is 3.43. The van der Waals surface area contributed by atoms with Crippen LogP contribution in [0.15, 0.2) is 51.8 Å². The van der Waals surface area contributed by atoms with E-state index in [1.807, 2.05) is 0 Å². The van der Waals surface area contributed by atoms with E-state index in [1.54, 1.807) is 30.3 Å². The quantitative estimate of drug-likeness (QED) is 0.876. The molecule has 21 heavy (non-hydrogen) atoms. The van der Waals surface area contributed by atoms with E-state index in [4.69, 9.17) is 0 Å². The third kappa shape index (κ3) is 2.93. The van der Waals surface area contributed by atoms with Crippen molar-refractivity contribution in [2.24, 2.45) is 0 Å². The minimum atomic E-state index is -3.64. The van der Waals surface area contributed by atoms with Crippen molar-refractivity contribution in [1.29, 1.82) is 0 Å². The van der Waals surface area contributed by atoms with Crippen LogP contribution >= 0.6 is 15.9 Å². The number of nitrogens with one attached hydrogen (secondary N) is 2. The molecule has 0 aromatic heterocycles. The van der Waals surface area contributed by atoms with Crippen LogP contribution in [0.4, 0.5) is 11.4 Å². The maximum Gasteiger partial charge on any atom is 0.261 e. The van der Waals surface area contributed by atoms with Crippen LogP contribution in [0.3, 0.4) is 0 Å². The lowest BCUT2D eigenvalue weighted by Crippen LogP contribution is -2.12. The van der Waals surface area contributed by atoms with Crippen molar-refractivity contribution in [2.75, 3.05) is 10.0 Å². The Bertz CT molecular complexity index is 817. The van der Waals surface area contributed by atoms with E-state index >= 15 is 0 Å². The summed E-state index contributed by atoms with van der Waals surface area (Å²) in [7, 11) is -3.64. The molecule has 1 amide bonds. The molecule has 0 atom stereocenters. The first-order valence-corrected chi connectivity index (χ1v) is 8.43. The number of carbonyl (C=O) groups excluding carboxylic acids is 1. The Morgan fingerprint density at radius 1 is 1.10 bits per heavy atom. The van der Waals surface area contributed by atoms with Crippen molar-refractivity contribution >= 4 is 43.2 Å². The largest absolute Gasteiger partial charge is 0.326 e. The summed E-state index contributed by atoms with van der Waals surface area (Å²) in [5.74, 6) is -0.0853. The van der Waals surface area contributed by atoms with Gasteiger partial charge in [0.05, 0.1) is 11.3 Å². The SMILES string of the molecule is O=C1Cc2cc(NS(=O)(=O)c3ccc(Br)cc3)ccc2N1. The molecule has 2 aromatic rings. The summed E-state index contributed by atoms with van der Waals surface area (Å²) in [5.41, 5.74) is 1.95. The van der Waals surface area contributed by atoms with E-state index in [0.717, 1.165) is 15.7 Å². The molecule has 0 spiro atoms. The molecule has 0 saturated heterocycles. The van der Waals surface area contributed by atoms with Gasteiger partial charge in [0.25, 0.3) is 10.0 Å². The van der Waals surface area contributed by atoms with Gasteiger partial charge in [0.2, 0.25) is 5.91 Å². The molecule has 0 unspecified atom stereocenters. The molecule has 3 rings (SSSR count). The molecule has 0 aliphatic carbocycles. The Balaban J connectivity index is 1.88. The summed E-state index contributed by atoms with van der Waals surface area (Å²) >= 11 is 3.26. The molecule has 0 saturated carbocycles. The molecule has 5 nitrogen and oxygen atoms in total. The molecule has 0 fully saturated rings. The summed E-state index contributed by atoms with van der Waals surface area (Å²) in [4.78, 5) is 11.5. The third-order valence-electron chi connectivity index (χ3n) is 3.11. The lowest BCUT2D eigenvalue weighted by molar-refractivity contribution is -0.115. The van der Waals surface area contributed by atoms with Gasteiger partial charge in [-0.05, 0) is 48.0 Å². The average molecular weight is 367 g/mol. The topological polar surface area (TPSA) is 75.3 Å². The lowest BCUT2D eigenvalue weighted by Gasteiger charge is -2.09. The van der Waals surface area contributed by atoms with Crippen molar-refractivity contribution in [3.8, 4) is 0 Å². The number of amides is 1. The first-order chi connectivity index (χ1) is 9.94. The Hall–Kier alpha value is -1.86. The molecule has 1 heterocycles. The smallest absolute Gasteiger partial charge is 0.261 e. The van der Waals surface area contributed by atoms with Gasteiger partial charge in [0.1, 0.15) is 0 Å². The van der Waals surface area contributed by atoms with E-state index in [9.17, 15) is 13.2 Å². The van der Waals surface area contributed by atoms with Crippen LogP contribution in [0.25, 0.3) is 0 Å². The van der Waals surface area contributed by atoms with Crippen LogP contribution in [-0.4, -0.2) is 14.3 Å². The number of halogens is 1. The molecular formula is C14H11BrN2O3S.